The number of nitrogens with zero attached hydrogens (tertiary/aromatic N) is 2. The number of hydrogen-bond acceptors (Lipinski definition) is 2. The molecule has 2 aromatic rings. The first kappa shape index (κ1) is 14.8. The normalized spacial score (nSPS) is 12.5. The highest BCUT2D eigenvalue weighted by Crippen LogP contribution is 2.19. The van der Waals surface area contributed by atoms with Gasteiger partial charge in [-0.05, 0) is 44.4 Å². The summed E-state index contributed by atoms with van der Waals surface area (Å²) in [5.41, 5.74) is 2.70. The fourth-order valence-corrected chi connectivity index (χ4v) is 2.54. The molecular weight excluding hydrogens is 246 g/mol. The van der Waals surface area contributed by atoms with Gasteiger partial charge in [0.15, 0.2) is 0 Å². The number of benzene rings is 1. The van der Waals surface area contributed by atoms with Gasteiger partial charge in [-0.1, -0.05) is 37.3 Å². The van der Waals surface area contributed by atoms with Gasteiger partial charge in [0.2, 0.25) is 0 Å². The van der Waals surface area contributed by atoms with Crippen molar-refractivity contribution in [1.82, 2.24) is 15.1 Å². The van der Waals surface area contributed by atoms with Crippen LogP contribution in [-0.2, 0) is 13.0 Å². The molecule has 20 heavy (non-hydrogen) atoms. The third kappa shape index (κ3) is 3.94. The van der Waals surface area contributed by atoms with Gasteiger partial charge >= 0.3 is 0 Å². The Hall–Kier alpha value is -1.61. The maximum absolute atomic E-state index is 4.34. The Kier molecular flexibility index (Phi) is 5.81. The van der Waals surface area contributed by atoms with Crippen LogP contribution in [0.3, 0.4) is 0 Å². The van der Waals surface area contributed by atoms with Crippen molar-refractivity contribution in [2.75, 3.05) is 6.54 Å². The van der Waals surface area contributed by atoms with Gasteiger partial charge in [0.25, 0.3) is 0 Å². The van der Waals surface area contributed by atoms with Gasteiger partial charge in [-0.15, -0.1) is 0 Å². The lowest BCUT2D eigenvalue weighted by atomic mass is 10.0. The first-order chi connectivity index (χ1) is 9.85. The summed E-state index contributed by atoms with van der Waals surface area (Å²) in [6, 6.07) is 13.3. The van der Waals surface area contributed by atoms with E-state index in [1.807, 2.05) is 6.20 Å². The van der Waals surface area contributed by atoms with E-state index in [0.29, 0.717) is 6.04 Å². The SMILES string of the molecule is CCCNC(CCc1ccnn1CC)c1ccccc1. The summed E-state index contributed by atoms with van der Waals surface area (Å²) in [6.45, 7) is 6.36. The van der Waals surface area contributed by atoms with Crippen molar-refractivity contribution in [2.24, 2.45) is 0 Å². The van der Waals surface area contributed by atoms with Crippen LogP contribution in [0.4, 0.5) is 0 Å². The average molecular weight is 271 g/mol. The minimum Gasteiger partial charge on any atom is -0.310 e. The number of aromatic nitrogens is 2. The van der Waals surface area contributed by atoms with E-state index in [0.717, 1.165) is 32.4 Å². The van der Waals surface area contributed by atoms with Gasteiger partial charge in [0.05, 0.1) is 0 Å². The zero-order chi connectivity index (χ0) is 14.2. The Morgan fingerprint density at radius 3 is 2.65 bits per heavy atom. The molecule has 2 rings (SSSR count). The van der Waals surface area contributed by atoms with E-state index in [4.69, 9.17) is 0 Å². The van der Waals surface area contributed by atoms with Crippen molar-refractivity contribution >= 4 is 0 Å². The van der Waals surface area contributed by atoms with Crippen LogP contribution in [0.25, 0.3) is 0 Å². The zero-order valence-electron chi connectivity index (χ0n) is 12.5. The Balaban J connectivity index is 2.01. The van der Waals surface area contributed by atoms with Crippen LogP contribution in [-0.4, -0.2) is 16.3 Å². The van der Waals surface area contributed by atoms with E-state index < -0.39 is 0 Å². The number of nitrogens with one attached hydrogen (secondary N) is 1. The summed E-state index contributed by atoms with van der Waals surface area (Å²) >= 11 is 0. The van der Waals surface area contributed by atoms with Gasteiger partial charge in [0, 0.05) is 24.5 Å². The lowest BCUT2D eigenvalue weighted by molar-refractivity contribution is 0.487. The molecule has 0 aliphatic carbocycles. The van der Waals surface area contributed by atoms with E-state index in [1.165, 1.54) is 11.3 Å². The molecular formula is C17H25N3. The molecule has 0 bridgehead atoms. The number of aryl methyl sites for hydroxylation is 2. The fraction of sp³-hybridized carbons (Fsp3) is 0.471. The molecule has 108 valence electrons. The quantitative estimate of drug-likeness (QED) is 0.795. The molecule has 0 saturated carbocycles. The summed E-state index contributed by atoms with van der Waals surface area (Å²) in [6.07, 6.45) is 5.23. The summed E-state index contributed by atoms with van der Waals surface area (Å²) in [7, 11) is 0. The summed E-state index contributed by atoms with van der Waals surface area (Å²) in [5.74, 6) is 0. The first-order valence-corrected chi connectivity index (χ1v) is 7.64. The zero-order valence-corrected chi connectivity index (χ0v) is 12.5. The second kappa shape index (κ2) is 7.85. The second-order valence-corrected chi connectivity index (χ2v) is 5.09. The Labute approximate surface area is 122 Å². The molecule has 0 saturated heterocycles. The minimum absolute atomic E-state index is 0.427. The van der Waals surface area contributed by atoms with Gasteiger partial charge < -0.3 is 5.32 Å². The molecule has 0 aliphatic rings. The first-order valence-electron chi connectivity index (χ1n) is 7.64. The molecule has 0 aliphatic heterocycles. The standard InChI is InChI=1S/C17H25N3/c1-3-13-18-17(15-8-6-5-7-9-15)11-10-16-12-14-19-20(16)4-2/h5-9,12,14,17-18H,3-4,10-11,13H2,1-2H3. The average Bonchev–Trinajstić information content (AvgIpc) is 2.96. The predicted molar refractivity (Wildman–Crippen MR) is 83.7 cm³/mol. The third-order valence-electron chi connectivity index (χ3n) is 3.64. The molecule has 1 aromatic carbocycles. The van der Waals surface area contributed by atoms with Crippen molar-refractivity contribution in [3.05, 3.63) is 53.9 Å². The van der Waals surface area contributed by atoms with Crippen LogP contribution in [0.1, 0.15) is 44.0 Å². The summed E-state index contributed by atoms with van der Waals surface area (Å²) in [5, 5.41) is 8.00. The van der Waals surface area contributed by atoms with Crippen molar-refractivity contribution in [3.63, 3.8) is 0 Å². The lowest BCUT2D eigenvalue weighted by Crippen LogP contribution is -2.23. The van der Waals surface area contributed by atoms with Crippen molar-refractivity contribution in [3.8, 4) is 0 Å². The van der Waals surface area contributed by atoms with E-state index in [2.05, 4.69) is 65.3 Å². The van der Waals surface area contributed by atoms with E-state index in [9.17, 15) is 0 Å². The highest BCUT2D eigenvalue weighted by atomic mass is 15.3. The van der Waals surface area contributed by atoms with Crippen LogP contribution in [0, 0.1) is 0 Å². The van der Waals surface area contributed by atoms with Crippen LogP contribution < -0.4 is 5.32 Å². The second-order valence-electron chi connectivity index (χ2n) is 5.09. The van der Waals surface area contributed by atoms with Crippen LogP contribution in [0.15, 0.2) is 42.6 Å². The van der Waals surface area contributed by atoms with Gasteiger partial charge in [-0.2, -0.15) is 5.10 Å². The van der Waals surface area contributed by atoms with E-state index in [-0.39, 0.29) is 0 Å². The van der Waals surface area contributed by atoms with Gasteiger partial charge in [0.1, 0.15) is 0 Å². The maximum Gasteiger partial charge on any atom is 0.0492 e. The lowest BCUT2D eigenvalue weighted by Gasteiger charge is -2.19. The van der Waals surface area contributed by atoms with Crippen LogP contribution >= 0.6 is 0 Å². The monoisotopic (exact) mass is 271 g/mol. The Bertz CT molecular complexity index is 490. The molecule has 1 heterocycles. The summed E-state index contributed by atoms with van der Waals surface area (Å²) < 4.78 is 2.09. The molecule has 1 atom stereocenters. The molecule has 0 amide bonds. The highest BCUT2D eigenvalue weighted by molar-refractivity contribution is 5.19. The number of hydrogen-bond donors (Lipinski definition) is 1. The van der Waals surface area contributed by atoms with Crippen LogP contribution in [0.2, 0.25) is 0 Å². The smallest absolute Gasteiger partial charge is 0.0492 e. The molecule has 0 fully saturated rings. The Morgan fingerprint density at radius 2 is 1.95 bits per heavy atom. The van der Waals surface area contributed by atoms with E-state index in [1.54, 1.807) is 0 Å². The molecule has 1 unspecified atom stereocenters. The Morgan fingerprint density at radius 1 is 1.15 bits per heavy atom. The van der Waals surface area contributed by atoms with E-state index >= 15 is 0 Å². The summed E-state index contributed by atoms with van der Waals surface area (Å²) in [4.78, 5) is 0. The molecule has 1 aromatic heterocycles. The molecule has 0 radical (unpaired) electrons. The highest BCUT2D eigenvalue weighted by Gasteiger charge is 2.11. The van der Waals surface area contributed by atoms with Gasteiger partial charge in [-0.3, -0.25) is 4.68 Å². The molecule has 0 spiro atoms. The largest absolute Gasteiger partial charge is 0.310 e. The molecule has 3 heteroatoms. The predicted octanol–water partition coefficient (Wildman–Crippen LogP) is 3.58. The van der Waals surface area contributed by atoms with Crippen molar-refractivity contribution < 1.29 is 0 Å². The number of rotatable bonds is 8. The molecule has 3 nitrogen and oxygen atoms in total. The fourth-order valence-electron chi connectivity index (χ4n) is 2.54. The van der Waals surface area contributed by atoms with Gasteiger partial charge in [-0.25, -0.2) is 0 Å². The van der Waals surface area contributed by atoms with Crippen LogP contribution in [0.5, 0.6) is 0 Å². The maximum atomic E-state index is 4.34. The van der Waals surface area contributed by atoms with Crippen molar-refractivity contribution in [1.29, 1.82) is 0 Å². The third-order valence-corrected chi connectivity index (χ3v) is 3.64. The molecule has 1 N–H and O–H groups in total. The topological polar surface area (TPSA) is 29.9 Å². The minimum atomic E-state index is 0.427. The van der Waals surface area contributed by atoms with Crippen molar-refractivity contribution in [2.45, 2.75) is 45.7 Å².